The van der Waals surface area contributed by atoms with Gasteiger partial charge in [-0.15, -0.1) is 0 Å². The first-order chi connectivity index (χ1) is 4.09. The second-order valence-electron chi connectivity index (χ2n) is 1.92. The molecule has 0 aliphatic rings. The Labute approximate surface area is 52.5 Å². The molecule has 0 heterocycles. The number of amides is 1. The molecule has 0 unspecified atom stereocenters. The van der Waals surface area contributed by atoms with E-state index >= 15 is 0 Å². The summed E-state index contributed by atoms with van der Waals surface area (Å²) in [5, 5.41) is 0. The van der Waals surface area contributed by atoms with Crippen LogP contribution in [0.1, 0.15) is 13.8 Å². The summed E-state index contributed by atoms with van der Waals surface area (Å²) in [6, 6.07) is -0.428. The quantitative estimate of drug-likeness (QED) is 0.421. The predicted octanol–water partition coefficient (Wildman–Crippen LogP) is 1.08. The van der Waals surface area contributed by atoms with Crippen molar-refractivity contribution in [3.63, 3.8) is 0 Å². The van der Waals surface area contributed by atoms with E-state index in [9.17, 15) is 13.6 Å². The zero-order chi connectivity index (χ0) is 7.44. The first kappa shape index (κ1) is 8.33. The van der Waals surface area contributed by atoms with Crippen LogP contribution in [0.2, 0.25) is 0 Å². The zero-order valence-corrected chi connectivity index (χ0v) is 5.34. The molecule has 0 fully saturated rings. The first-order valence-electron chi connectivity index (χ1n) is 2.60. The molecule has 54 valence electrons. The molecule has 2 nitrogen and oxygen atoms in total. The highest BCUT2D eigenvalue weighted by atomic mass is 19.3. The van der Waals surface area contributed by atoms with E-state index in [1.54, 1.807) is 0 Å². The molecule has 0 aromatic carbocycles. The van der Waals surface area contributed by atoms with Crippen molar-refractivity contribution in [3.8, 4) is 0 Å². The smallest absolute Gasteiger partial charge is 0.286 e. The van der Waals surface area contributed by atoms with Crippen molar-refractivity contribution < 1.29 is 13.6 Å². The van der Waals surface area contributed by atoms with E-state index < -0.39 is 12.6 Å². The summed E-state index contributed by atoms with van der Waals surface area (Å²) in [6.45, 7) is 0.378. The van der Waals surface area contributed by atoms with E-state index in [-0.39, 0.29) is 6.41 Å². The van der Waals surface area contributed by atoms with Crippen LogP contribution in [0.5, 0.6) is 0 Å². The van der Waals surface area contributed by atoms with Crippen LogP contribution in [0.3, 0.4) is 0 Å². The summed E-state index contributed by atoms with van der Waals surface area (Å²) >= 11 is 0. The monoisotopic (exact) mass is 137 g/mol. The molecule has 0 saturated carbocycles. The second-order valence-corrected chi connectivity index (χ2v) is 1.92. The second kappa shape index (κ2) is 3.37. The van der Waals surface area contributed by atoms with Crippen LogP contribution < -0.4 is 0 Å². The van der Waals surface area contributed by atoms with Gasteiger partial charge in [-0.2, -0.15) is 8.78 Å². The first-order valence-corrected chi connectivity index (χ1v) is 2.60. The third kappa shape index (κ3) is 2.39. The van der Waals surface area contributed by atoms with Gasteiger partial charge in [-0.1, -0.05) is 0 Å². The highest BCUT2D eigenvalue weighted by Crippen LogP contribution is 2.03. The maximum Gasteiger partial charge on any atom is 0.317 e. The fourth-order valence-electron chi connectivity index (χ4n) is 0.393. The number of alkyl halides is 2. The largest absolute Gasteiger partial charge is 0.317 e. The van der Waals surface area contributed by atoms with E-state index in [2.05, 4.69) is 0 Å². The maximum atomic E-state index is 11.6. The zero-order valence-electron chi connectivity index (χ0n) is 5.34. The molecule has 0 saturated heterocycles. The van der Waals surface area contributed by atoms with Crippen molar-refractivity contribution in [2.75, 3.05) is 0 Å². The Morgan fingerprint density at radius 1 is 1.44 bits per heavy atom. The van der Waals surface area contributed by atoms with Crippen LogP contribution in [0, 0.1) is 0 Å². The number of hydrogen-bond acceptors (Lipinski definition) is 1. The lowest BCUT2D eigenvalue weighted by molar-refractivity contribution is -0.134. The average Bonchev–Trinajstić information content (AvgIpc) is 1.64. The summed E-state index contributed by atoms with van der Waals surface area (Å²) < 4.78 is 23.3. The molecule has 0 aliphatic heterocycles. The van der Waals surface area contributed by atoms with E-state index in [0.29, 0.717) is 4.90 Å². The maximum absolute atomic E-state index is 11.6. The molecule has 0 bridgehead atoms. The van der Waals surface area contributed by atoms with Crippen LogP contribution in [0.4, 0.5) is 8.78 Å². The Morgan fingerprint density at radius 2 is 1.89 bits per heavy atom. The molecule has 0 aliphatic carbocycles. The third-order valence-corrected chi connectivity index (χ3v) is 0.943. The Hall–Kier alpha value is -0.670. The van der Waals surface area contributed by atoms with E-state index in [1.165, 1.54) is 13.8 Å². The molecule has 0 N–H and O–H groups in total. The minimum absolute atomic E-state index is 0.148. The van der Waals surface area contributed by atoms with Crippen LogP contribution in [-0.4, -0.2) is 23.9 Å². The minimum atomic E-state index is -2.68. The molecular weight excluding hydrogens is 128 g/mol. The number of carbonyl (C=O) groups is 1. The van der Waals surface area contributed by atoms with Crippen LogP contribution in [-0.2, 0) is 4.79 Å². The number of halogens is 2. The summed E-state index contributed by atoms with van der Waals surface area (Å²) in [7, 11) is 0. The predicted molar refractivity (Wildman–Crippen MR) is 29.0 cm³/mol. The van der Waals surface area contributed by atoms with Crippen LogP contribution in [0.15, 0.2) is 0 Å². The summed E-state index contributed by atoms with van der Waals surface area (Å²) in [5.74, 6) is 0. The fourth-order valence-corrected chi connectivity index (χ4v) is 0.393. The lowest BCUT2D eigenvalue weighted by atomic mass is 10.4. The molecule has 0 radical (unpaired) electrons. The van der Waals surface area contributed by atoms with Crippen molar-refractivity contribution in [3.05, 3.63) is 0 Å². The Morgan fingerprint density at radius 3 is 1.89 bits per heavy atom. The molecule has 9 heavy (non-hydrogen) atoms. The highest BCUT2D eigenvalue weighted by molar-refractivity contribution is 5.47. The van der Waals surface area contributed by atoms with Gasteiger partial charge in [0.15, 0.2) is 0 Å². The molecule has 0 spiro atoms. The number of nitrogens with zero attached hydrogens (tertiary/aromatic N) is 1. The van der Waals surface area contributed by atoms with Gasteiger partial charge in [0.2, 0.25) is 6.41 Å². The van der Waals surface area contributed by atoms with Crippen LogP contribution in [0.25, 0.3) is 0 Å². The van der Waals surface area contributed by atoms with Crippen molar-refractivity contribution in [2.24, 2.45) is 0 Å². The number of rotatable bonds is 3. The van der Waals surface area contributed by atoms with E-state index in [4.69, 9.17) is 0 Å². The van der Waals surface area contributed by atoms with Gasteiger partial charge in [0, 0.05) is 6.04 Å². The molecule has 0 atom stereocenters. The van der Waals surface area contributed by atoms with Crippen molar-refractivity contribution in [1.29, 1.82) is 0 Å². The van der Waals surface area contributed by atoms with Gasteiger partial charge in [0.1, 0.15) is 0 Å². The average molecular weight is 137 g/mol. The normalized spacial score (nSPS) is 10.4. The van der Waals surface area contributed by atoms with Gasteiger partial charge in [0.25, 0.3) is 0 Å². The standard InChI is InChI=1S/C5H9F2NO/c1-4(2)8(3-9)5(6)7/h3-5H,1-2H3. The van der Waals surface area contributed by atoms with Crippen molar-refractivity contribution in [1.82, 2.24) is 4.90 Å². The molecular formula is C5H9F2NO. The molecule has 4 heteroatoms. The lowest BCUT2D eigenvalue weighted by Gasteiger charge is -2.19. The van der Waals surface area contributed by atoms with Crippen molar-refractivity contribution in [2.45, 2.75) is 26.4 Å². The molecule has 1 amide bonds. The van der Waals surface area contributed by atoms with Gasteiger partial charge < -0.3 is 0 Å². The number of carbonyl (C=O) groups excluding carboxylic acids is 1. The van der Waals surface area contributed by atoms with Gasteiger partial charge in [-0.3, -0.25) is 9.69 Å². The van der Waals surface area contributed by atoms with Crippen molar-refractivity contribution >= 4 is 6.41 Å². The Bertz CT molecular complexity index is 87.0. The van der Waals surface area contributed by atoms with Crippen LogP contribution >= 0.6 is 0 Å². The van der Waals surface area contributed by atoms with Gasteiger partial charge in [-0.05, 0) is 13.8 Å². The summed E-state index contributed by atoms with van der Waals surface area (Å²) in [5.41, 5.74) is 0. The van der Waals surface area contributed by atoms with E-state index in [0.717, 1.165) is 0 Å². The summed E-state index contributed by atoms with van der Waals surface area (Å²) in [4.78, 5) is 10.3. The molecule has 0 rings (SSSR count). The third-order valence-electron chi connectivity index (χ3n) is 0.943. The fraction of sp³-hybridized carbons (Fsp3) is 0.800. The number of hydrogen-bond donors (Lipinski definition) is 0. The van der Waals surface area contributed by atoms with Gasteiger partial charge in [0.05, 0.1) is 0 Å². The minimum Gasteiger partial charge on any atom is -0.286 e. The lowest BCUT2D eigenvalue weighted by Crippen LogP contribution is -2.33. The van der Waals surface area contributed by atoms with Gasteiger partial charge >= 0.3 is 6.55 Å². The topological polar surface area (TPSA) is 20.3 Å². The Balaban J connectivity index is 3.82. The SMILES string of the molecule is CC(C)N(C=O)C(F)F. The van der Waals surface area contributed by atoms with E-state index in [1.807, 2.05) is 0 Å². The highest BCUT2D eigenvalue weighted by Gasteiger charge is 2.15. The van der Waals surface area contributed by atoms with Gasteiger partial charge in [-0.25, -0.2) is 0 Å². The molecule has 0 aromatic heterocycles. The summed E-state index contributed by atoms with van der Waals surface area (Å²) in [6.07, 6.45) is 0.148. The molecule has 0 aromatic rings. The Kier molecular flexibility index (Phi) is 3.12.